The zero-order valence-electron chi connectivity index (χ0n) is 10.7. The summed E-state index contributed by atoms with van der Waals surface area (Å²) in [6, 6.07) is 2.40. The molecule has 2 nitrogen and oxygen atoms in total. The molecule has 0 saturated heterocycles. The minimum atomic E-state index is 0.125. The van der Waals surface area contributed by atoms with Crippen LogP contribution in [0, 0.1) is 5.92 Å². The summed E-state index contributed by atoms with van der Waals surface area (Å²) in [7, 11) is 0. The Kier molecular flexibility index (Phi) is 5.25. The highest BCUT2D eigenvalue weighted by Gasteiger charge is 2.26. The lowest BCUT2D eigenvalue weighted by atomic mass is 9.86. The summed E-state index contributed by atoms with van der Waals surface area (Å²) in [5.41, 5.74) is 1.17. The molecule has 18 heavy (non-hydrogen) atoms. The van der Waals surface area contributed by atoms with Gasteiger partial charge in [-0.05, 0) is 42.2 Å². The SMILES string of the molecule is CCc1ccsc1C(=O)NC1CCCCC1CBr. The third-order valence-electron chi connectivity index (χ3n) is 3.76. The van der Waals surface area contributed by atoms with Crippen LogP contribution in [0.4, 0.5) is 0 Å². The molecule has 0 aromatic carbocycles. The molecule has 1 aliphatic rings. The predicted molar refractivity (Wildman–Crippen MR) is 80.7 cm³/mol. The van der Waals surface area contributed by atoms with Gasteiger partial charge in [0.15, 0.2) is 0 Å². The first-order valence-electron chi connectivity index (χ1n) is 6.69. The van der Waals surface area contributed by atoms with E-state index in [0.717, 1.165) is 23.0 Å². The van der Waals surface area contributed by atoms with Gasteiger partial charge >= 0.3 is 0 Å². The van der Waals surface area contributed by atoms with Crippen molar-refractivity contribution >= 4 is 33.2 Å². The van der Waals surface area contributed by atoms with Gasteiger partial charge < -0.3 is 5.32 Å². The quantitative estimate of drug-likeness (QED) is 0.831. The van der Waals surface area contributed by atoms with Gasteiger partial charge in [-0.15, -0.1) is 11.3 Å². The summed E-state index contributed by atoms with van der Waals surface area (Å²) in [5.74, 6) is 0.715. The highest BCUT2D eigenvalue weighted by atomic mass is 79.9. The van der Waals surface area contributed by atoms with E-state index in [0.29, 0.717) is 12.0 Å². The van der Waals surface area contributed by atoms with E-state index in [-0.39, 0.29) is 5.91 Å². The zero-order chi connectivity index (χ0) is 13.0. The molecule has 1 heterocycles. The van der Waals surface area contributed by atoms with E-state index in [9.17, 15) is 4.79 Å². The number of thiophene rings is 1. The molecule has 2 rings (SSSR count). The van der Waals surface area contributed by atoms with Crippen molar-refractivity contribution in [3.63, 3.8) is 0 Å². The van der Waals surface area contributed by atoms with Gasteiger partial charge in [0.2, 0.25) is 0 Å². The first kappa shape index (κ1) is 14.1. The molecule has 100 valence electrons. The number of rotatable bonds is 4. The molecular formula is C14H20BrNOS. The minimum Gasteiger partial charge on any atom is -0.348 e. The summed E-state index contributed by atoms with van der Waals surface area (Å²) in [4.78, 5) is 13.2. The van der Waals surface area contributed by atoms with Gasteiger partial charge in [-0.2, -0.15) is 0 Å². The van der Waals surface area contributed by atoms with Crippen molar-refractivity contribution in [1.29, 1.82) is 0 Å². The van der Waals surface area contributed by atoms with E-state index in [1.807, 2.05) is 5.38 Å². The second kappa shape index (κ2) is 6.71. The van der Waals surface area contributed by atoms with Gasteiger partial charge in [-0.1, -0.05) is 35.7 Å². The number of hydrogen-bond donors (Lipinski definition) is 1. The summed E-state index contributed by atoms with van der Waals surface area (Å²) in [5, 5.41) is 6.24. The van der Waals surface area contributed by atoms with Crippen molar-refractivity contribution in [2.24, 2.45) is 5.92 Å². The topological polar surface area (TPSA) is 29.1 Å². The average molecular weight is 330 g/mol. The van der Waals surface area contributed by atoms with Crippen LogP contribution >= 0.6 is 27.3 Å². The zero-order valence-corrected chi connectivity index (χ0v) is 13.1. The molecule has 1 saturated carbocycles. The maximum absolute atomic E-state index is 12.3. The van der Waals surface area contributed by atoms with E-state index < -0.39 is 0 Å². The van der Waals surface area contributed by atoms with Crippen LogP contribution in [-0.2, 0) is 6.42 Å². The number of amides is 1. The normalized spacial score (nSPS) is 23.9. The standard InChI is InChI=1S/C14H20BrNOS/c1-2-10-7-8-18-13(10)14(17)16-12-6-4-3-5-11(12)9-15/h7-8,11-12H,2-6,9H2,1H3,(H,16,17). The van der Waals surface area contributed by atoms with Gasteiger partial charge in [-0.25, -0.2) is 0 Å². The Balaban J connectivity index is 2.02. The summed E-state index contributed by atoms with van der Waals surface area (Å²) in [6.07, 6.45) is 5.80. The molecule has 2 atom stereocenters. The van der Waals surface area contributed by atoms with Gasteiger partial charge in [0.1, 0.15) is 0 Å². The van der Waals surface area contributed by atoms with Gasteiger partial charge in [-0.3, -0.25) is 4.79 Å². The minimum absolute atomic E-state index is 0.125. The fourth-order valence-corrected chi connectivity index (χ4v) is 4.30. The van der Waals surface area contributed by atoms with Crippen LogP contribution in [0.15, 0.2) is 11.4 Å². The Hall–Kier alpha value is -0.350. The number of halogens is 1. The molecule has 0 aliphatic heterocycles. The molecule has 1 aromatic heterocycles. The van der Waals surface area contributed by atoms with Crippen molar-refractivity contribution in [1.82, 2.24) is 5.32 Å². The summed E-state index contributed by atoms with van der Waals surface area (Å²) >= 11 is 5.13. The van der Waals surface area contributed by atoms with E-state index in [2.05, 4.69) is 34.2 Å². The first-order valence-corrected chi connectivity index (χ1v) is 8.69. The molecule has 4 heteroatoms. The Labute approximate surface area is 121 Å². The third kappa shape index (κ3) is 3.15. The Morgan fingerprint density at radius 3 is 3.00 bits per heavy atom. The van der Waals surface area contributed by atoms with Crippen LogP contribution in [0.3, 0.4) is 0 Å². The van der Waals surface area contributed by atoms with Crippen LogP contribution in [-0.4, -0.2) is 17.3 Å². The second-order valence-corrected chi connectivity index (χ2v) is 6.47. The van der Waals surface area contributed by atoms with Crippen LogP contribution < -0.4 is 5.32 Å². The monoisotopic (exact) mass is 329 g/mol. The Morgan fingerprint density at radius 1 is 1.50 bits per heavy atom. The van der Waals surface area contributed by atoms with Gasteiger partial charge in [0, 0.05) is 11.4 Å². The van der Waals surface area contributed by atoms with E-state index >= 15 is 0 Å². The number of aryl methyl sites for hydroxylation is 1. The molecular weight excluding hydrogens is 310 g/mol. The van der Waals surface area contributed by atoms with Crippen LogP contribution in [0.5, 0.6) is 0 Å². The average Bonchev–Trinajstić information content (AvgIpc) is 2.87. The molecule has 1 aromatic rings. The Morgan fingerprint density at radius 2 is 2.28 bits per heavy atom. The maximum atomic E-state index is 12.3. The number of carbonyl (C=O) groups excluding carboxylic acids is 1. The van der Waals surface area contributed by atoms with E-state index in [4.69, 9.17) is 0 Å². The number of carbonyl (C=O) groups is 1. The first-order chi connectivity index (χ1) is 8.76. The van der Waals surface area contributed by atoms with Crippen LogP contribution in [0.1, 0.15) is 47.8 Å². The summed E-state index contributed by atoms with van der Waals surface area (Å²) in [6.45, 7) is 2.10. The molecule has 0 bridgehead atoms. The number of hydrogen-bond acceptors (Lipinski definition) is 2. The third-order valence-corrected chi connectivity index (χ3v) is 5.54. The highest BCUT2D eigenvalue weighted by molar-refractivity contribution is 9.09. The molecule has 1 amide bonds. The van der Waals surface area contributed by atoms with Crippen molar-refractivity contribution in [2.75, 3.05) is 5.33 Å². The number of nitrogens with one attached hydrogen (secondary N) is 1. The van der Waals surface area contributed by atoms with Crippen molar-refractivity contribution < 1.29 is 4.79 Å². The largest absolute Gasteiger partial charge is 0.348 e. The van der Waals surface area contributed by atoms with Crippen LogP contribution in [0.2, 0.25) is 0 Å². The molecule has 1 fully saturated rings. The van der Waals surface area contributed by atoms with Crippen LogP contribution in [0.25, 0.3) is 0 Å². The van der Waals surface area contributed by atoms with E-state index in [1.54, 1.807) is 11.3 Å². The summed E-state index contributed by atoms with van der Waals surface area (Å²) < 4.78 is 0. The smallest absolute Gasteiger partial charge is 0.261 e. The second-order valence-electron chi connectivity index (χ2n) is 4.91. The Bertz CT molecular complexity index is 404. The molecule has 0 spiro atoms. The lowest BCUT2D eigenvalue weighted by Gasteiger charge is -2.30. The van der Waals surface area contributed by atoms with Gasteiger partial charge in [0.25, 0.3) is 5.91 Å². The van der Waals surface area contributed by atoms with Crippen molar-refractivity contribution in [3.8, 4) is 0 Å². The van der Waals surface area contributed by atoms with Crippen molar-refractivity contribution in [2.45, 2.75) is 45.1 Å². The molecule has 2 unspecified atom stereocenters. The van der Waals surface area contributed by atoms with E-state index in [1.165, 1.54) is 24.8 Å². The number of alkyl halides is 1. The maximum Gasteiger partial charge on any atom is 0.261 e. The van der Waals surface area contributed by atoms with Crippen molar-refractivity contribution in [3.05, 3.63) is 21.9 Å². The fourth-order valence-electron chi connectivity index (χ4n) is 2.63. The fraction of sp³-hybridized carbons (Fsp3) is 0.643. The molecule has 1 aliphatic carbocycles. The predicted octanol–water partition coefficient (Wildman–Crippen LogP) is 3.99. The molecule has 0 radical (unpaired) electrons. The lowest BCUT2D eigenvalue weighted by Crippen LogP contribution is -2.42. The highest BCUT2D eigenvalue weighted by Crippen LogP contribution is 2.27. The van der Waals surface area contributed by atoms with Gasteiger partial charge in [0.05, 0.1) is 4.88 Å². The lowest BCUT2D eigenvalue weighted by molar-refractivity contribution is 0.0915. The molecule has 1 N–H and O–H groups in total.